The molecule has 2 nitrogen and oxygen atoms in total. The second-order valence-electron chi connectivity index (χ2n) is 17.6. The van der Waals surface area contributed by atoms with Crippen LogP contribution in [0.2, 0.25) is 0 Å². The van der Waals surface area contributed by atoms with E-state index in [4.69, 9.17) is 0 Å². The number of fused-ring (bicyclic) bond motifs is 10. The Balaban J connectivity index is 1.31. The van der Waals surface area contributed by atoms with Crippen LogP contribution in [0.3, 0.4) is 0 Å². The van der Waals surface area contributed by atoms with Crippen LogP contribution in [0.15, 0.2) is 133 Å². The van der Waals surface area contributed by atoms with Crippen LogP contribution in [-0.2, 0) is 24.7 Å². The molecule has 0 aromatic heterocycles. The molecule has 0 amide bonds. The topological polar surface area (TPSA) is 6.48 Å². The van der Waals surface area contributed by atoms with Gasteiger partial charge >= 0.3 is 6.85 Å². The van der Waals surface area contributed by atoms with Gasteiger partial charge in [0.15, 0.2) is 0 Å². The van der Waals surface area contributed by atoms with E-state index in [2.05, 4.69) is 178 Å². The first-order valence-electron chi connectivity index (χ1n) is 22.2. The van der Waals surface area contributed by atoms with Crippen molar-refractivity contribution in [1.29, 1.82) is 0 Å². The molecule has 0 fully saturated rings. The van der Waals surface area contributed by atoms with Crippen molar-refractivity contribution in [3.63, 3.8) is 0 Å². The fraction of sp³-hybridized carbons (Fsp3) is 0.273. The van der Waals surface area contributed by atoms with Gasteiger partial charge in [-0.3, -0.25) is 0 Å². The van der Waals surface area contributed by atoms with Gasteiger partial charge in [0.1, 0.15) is 0 Å². The first kappa shape index (κ1) is 36.8. The molecule has 0 radical (unpaired) electrons. The standard InChI is InChI=1S/C55H55BN2/c1-6-9-16-37-23-28-41(29-24-37)57-50-34-27-39(18-11-8-3)35-49(50)56-52-47(36-40-19-12-13-20-43(40)54(52)57)46-33-32-45-44-21-14-15-22-48(44)55(4,5)51(45)53(46)58(56)42-30-25-38(26-31-42)17-10-7-2/h12-15,19-36H,6-11,16-18H2,1-5H3. The normalized spacial score (nSPS) is 14.3. The highest BCUT2D eigenvalue weighted by molar-refractivity contribution is 6.94. The summed E-state index contributed by atoms with van der Waals surface area (Å²) in [5.74, 6) is 0. The summed E-state index contributed by atoms with van der Waals surface area (Å²) in [6.07, 6.45) is 10.5. The molecule has 0 saturated heterocycles. The first-order chi connectivity index (χ1) is 28.4. The summed E-state index contributed by atoms with van der Waals surface area (Å²) in [6, 6.07) is 52.3. The fourth-order valence-electron chi connectivity index (χ4n) is 10.6. The molecule has 7 aromatic rings. The van der Waals surface area contributed by atoms with Crippen molar-refractivity contribution in [2.75, 3.05) is 9.71 Å². The zero-order chi connectivity index (χ0) is 39.5. The van der Waals surface area contributed by atoms with Crippen molar-refractivity contribution >= 4 is 57.0 Å². The molecular formula is C55H55BN2. The van der Waals surface area contributed by atoms with Crippen LogP contribution < -0.4 is 20.6 Å². The Labute approximate surface area is 346 Å². The minimum Gasteiger partial charge on any atom is -0.376 e. The summed E-state index contributed by atoms with van der Waals surface area (Å²) in [4.78, 5) is 5.39. The van der Waals surface area contributed by atoms with Crippen molar-refractivity contribution in [2.24, 2.45) is 0 Å². The molecule has 1 aliphatic carbocycles. The van der Waals surface area contributed by atoms with Crippen LogP contribution in [-0.4, -0.2) is 6.85 Å². The third-order valence-electron chi connectivity index (χ3n) is 13.5. The molecule has 2 heterocycles. The molecule has 58 heavy (non-hydrogen) atoms. The highest BCUT2D eigenvalue weighted by Gasteiger charge is 2.49. The molecular weight excluding hydrogens is 699 g/mol. The summed E-state index contributed by atoms with van der Waals surface area (Å²) in [5, 5.41) is 2.58. The molecule has 0 unspecified atom stereocenters. The lowest BCUT2D eigenvalue weighted by molar-refractivity contribution is 0.661. The largest absolute Gasteiger partial charge is 0.376 e. The maximum Gasteiger partial charge on any atom is 0.333 e. The van der Waals surface area contributed by atoms with E-state index in [-0.39, 0.29) is 12.3 Å². The molecule has 0 N–H and O–H groups in total. The number of hydrogen-bond acceptors (Lipinski definition) is 2. The van der Waals surface area contributed by atoms with Crippen LogP contribution >= 0.6 is 0 Å². The zero-order valence-electron chi connectivity index (χ0n) is 35.0. The number of unbranched alkanes of at least 4 members (excludes halogenated alkanes) is 3. The lowest BCUT2D eigenvalue weighted by Crippen LogP contribution is -2.62. The van der Waals surface area contributed by atoms with E-state index in [1.165, 1.54) is 139 Å². The van der Waals surface area contributed by atoms with E-state index in [9.17, 15) is 0 Å². The van der Waals surface area contributed by atoms with Crippen LogP contribution in [0.25, 0.3) is 33.0 Å². The Morgan fingerprint density at radius 3 is 1.83 bits per heavy atom. The zero-order valence-corrected chi connectivity index (χ0v) is 35.0. The summed E-state index contributed by atoms with van der Waals surface area (Å²) >= 11 is 0. The summed E-state index contributed by atoms with van der Waals surface area (Å²) in [5.41, 5.74) is 21.6. The molecule has 288 valence electrons. The van der Waals surface area contributed by atoms with E-state index in [0.29, 0.717) is 0 Å². The Kier molecular flexibility index (Phi) is 9.31. The molecule has 7 aromatic carbocycles. The molecule has 10 rings (SSSR count). The average Bonchev–Trinajstić information content (AvgIpc) is 3.50. The summed E-state index contributed by atoms with van der Waals surface area (Å²) in [7, 11) is 0. The SMILES string of the molecule is CCCCc1ccc(N2B3c4cc(CCCC)ccc4N(c4ccc(CCCC)cc4)c4c3c(cc3ccccc43)-c3ccc4c(c32)C(C)(C)c2ccccc2-4)cc1. The number of hydrogen-bond donors (Lipinski definition) is 0. The Morgan fingerprint density at radius 1 is 0.517 bits per heavy atom. The number of anilines is 5. The van der Waals surface area contributed by atoms with Crippen molar-refractivity contribution in [3.8, 4) is 22.3 Å². The molecule has 0 bridgehead atoms. The summed E-state index contributed by atoms with van der Waals surface area (Å²) in [6.45, 7) is 11.8. The van der Waals surface area contributed by atoms with Gasteiger partial charge < -0.3 is 9.71 Å². The lowest BCUT2D eigenvalue weighted by Gasteiger charge is -2.47. The third-order valence-corrected chi connectivity index (χ3v) is 13.5. The predicted octanol–water partition coefficient (Wildman–Crippen LogP) is 13.9. The minimum absolute atomic E-state index is 0.0220. The van der Waals surface area contributed by atoms with Gasteiger partial charge in [-0.15, -0.1) is 0 Å². The number of rotatable bonds is 11. The van der Waals surface area contributed by atoms with Gasteiger partial charge in [-0.2, -0.15) is 0 Å². The molecule has 0 spiro atoms. The number of aryl methyl sites for hydroxylation is 3. The second kappa shape index (κ2) is 14.7. The van der Waals surface area contributed by atoms with Gasteiger partial charge in [-0.25, -0.2) is 0 Å². The van der Waals surface area contributed by atoms with Crippen LogP contribution in [0, 0.1) is 0 Å². The number of nitrogens with zero attached hydrogens (tertiary/aromatic N) is 2. The quantitative estimate of drug-likeness (QED) is 0.121. The van der Waals surface area contributed by atoms with E-state index in [1.54, 1.807) is 0 Å². The highest BCUT2D eigenvalue weighted by Crippen LogP contribution is 2.58. The van der Waals surface area contributed by atoms with Gasteiger partial charge in [0.25, 0.3) is 0 Å². The Morgan fingerprint density at radius 2 is 1.12 bits per heavy atom. The number of benzene rings is 7. The van der Waals surface area contributed by atoms with E-state index < -0.39 is 0 Å². The lowest BCUT2D eigenvalue weighted by atomic mass is 9.42. The fourth-order valence-corrected chi connectivity index (χ4v) is 10.6. The molecule has 0 atom stereocenters. The van der Waals surface area contributed by atoms with Crippen molar-refractivity contribution in [2.45, 2.75) is 97.8 Å². The average molecular weight is 755 g/mol. The molecule has 3 heteroatoms. The van der Waals surface area contributed by atoms with E-state index in [0.717, 1.165) is 19.3 Å². The maximum atomic E-state index is 2.78. The van der Waals surface area contributed by atoms with Crippen molar-refractivity contribution in [1.82, 2.24) is 0 Å². The Bertz CT molecular complexity index is 2670. The monoisotopic (exact) mass is 754 g/mol. The van der Waals surface area contributed by atoms with Crippen molar-refractivity contribution < 1.29 is 0 Å². The van der Waals surface area contributed by atoms with E-state index >= 15 is 0 Å². The van der Waals surface area contributed by atoms with Gasteiger partial charge in [0.05, 0.1) is 5.69 Å². The Hall–Kier alpha value is -5.54. The highest BCUT2D eigenvalue weighted by atomic mass is 15.2. The maximum absolute atomic E-state index is 2.78. The smallest absolute Gasteiger partial charge is 0.333 e. The molecule has 0 saturated carbocycles. The molecule has 2 aliphatic heterocycles. The minimum atomic E-state index is -0.181. The van der Waals surface area contributed by atoms with Gasteiger partial charge in [0.2, 0.25) is 0 Å². The van der Waals surface area contributed by atoms with Gasteiger partial charge in [0, 0.05) is 39.1 Å². The third kappa shape index (κ3) is 5.76. The molecule has 3 aliphatic rings. The first-order valence-corrected chi connectivity index (χ1v) is 22.2. The van der Waals surface area contributed by atoms with Crippen molar-refractivity contribution in [3.05, 3.63) is 161 Å². The predicted molar refractivity (Wildman–Crippen MR) is 251 cm³/mol. The van der Waals surface area contributed by atoms with Gasteiger partial charge in [-0.05, 0) is 136 Å². The summed E-state index contributed by atoms with van der Waals surface area (Å²) < 4.78 is 0. The second-order valence-corrected chi connectivity index (χ2v) is 17.6. The van der Waals surface area contributed by atoms with E-state index in [1.807, 2.05) is 0 Å². The van der Waals surface area contributed by atoms with Crippen LogP contribution in [0.4, 0.5) is 28.4 Å². The van der Waals surface area contributed by atoms with Crippen LogP contribution in [0.1, 0.15) is 101 Å². The van der Waals surface area contributed by atoms with Crippen LogP contribution in [0.5, 0.6) is 0 Å². The van der Waals surface area contributed by atoms with Gasteiger partial charge in [-0.1, -0.05) is 151 Å².